The molecular formula is C21H20F3N3O3. The Bertz CT molecular complexity index is 1030. The fraction of sp³-hybridized carbons (Fsp3) is 0.333. The van der Waals surface area contributed by atoms with Crippen molar-refractivity contribution in [2.24, 2.45) is 0 Å². The Kier molecular flexibility index (Phi) is 5.38. The Labute approximate surface area is 171 Å². The fourth-order valence-corrected chi connectivity index (χ4v) is 3.51. The normalized spacial score (nSPS) is 14.4. The van der Waals surface area contributed by atoms with Crippen molar-refractivity contribution in [3.05, 3.63) is 59.0 Å². The van der Waals surface area contributed by atoms with Crippen LogP contribution in [0.15, 0.2) is 40.9 Å². The SMILES string of the molecule is COc1cc2c(cc1OC)CN(Cc1nc(-c3ccc(C(F)(F)F)cc3)no1)CC2. The van der Waals surface area contributed by atoms with Crippen LogP contribution in [0, 0.1) is 0 Å². The van der Waals surface area contributed by atoms with Crippen molar-refractivity contribution in [1.82, 2.24) is 15.0 Å². The Morgan fingerprint density at radius 3 is 2.33 bits per heavy atom. The molecule has 0 fully saturated rings. The van der Waals surface area contributed by atoms with Gasteiger partial charge < -0.3 is 14.0 Å². The standard InChI is InChI=1S/C21H20F3N3O3/c1-28-17-9-14-7-8-27(11-15(14)10-18(17)29-2)12-19-25-20(26-30-19)13-3-5-16(6-4-13)21(22,23)24/h3-6,9-10H,7-8,11-12H2,1-2H3. The lowest BCUT2D eigenvalue weighted by Crippen LogP contribution is -2.30. The largest absolute Gasteiger partial charge is 0.493 e. The number of benzene rings is 2. The van der Waals surface area contributed by atoms with E-state index in [4.69, 9.17) is 14.0 Å². The summed E-state index contributed by atoms with van der Waals surface area (Å²) in [5.41, 5.74) is 2.11. The average molecular weight is 419 g/mol. The van der Waals surface area contributed by atoms with Crippen molar-refractivity contribution in [1.29, 1.82) is 0 Å². The molecule has 0 saturated carbocycles. The number of methoxy groups -OCH3 is 2. The molecule has 0 radical (unpaired) electrons. The van der Waals surface area contributed by atoms with Crippen molar-refractivity contribution >= 4 is 0 Å². The lowest BCUT2D eigenvalue weighted by atomic mass is 9.99. The number of hydrogen-bond donors (Lipinski definition) is 0. The first-order valence-corrected chi connectivity index (χ1v) is 9.33. The quantitative estimate of drug-likeness (QED) is 0.614. The van der Waals surface area contributed by atoms with E-state index in [2.05, 4.69) is 15.0 Å². The van der Waals surface area contributed by atoms with Crippen molar-refractivity contribution in [3.63, 3.8) is 0 Å². The zero-order chi connectivity index (χ0) is 21.3. The van der Waals surface area contributed by atoms with Crippen LogP contribution in [0.1, 0.15) is 22.6 Å². The number of aromatic nitrogens is 2. The molecule has 0 amide bonds. The van der Waals surface area contributed by atoms with Crippen LogP contribution in [0.25, 0.3) is 11.4 Å². The highest BCUT2D eigenvalue weighted by Crippen LogP contribution is 2.34. The molecular weight excluding hydrogens is 399 g/mol. The first kappa shape index (κ1) is 20.2. The molecule has 2 aromatic carbocycles. The van der Waals surface area contributed by atoms with Crippen LogP contribution in [0.2, 0.25) is 0 Å². The fourth-order valence-electron chi connectivity index (χ4n) is 3.51. The molecule has 30 heavy (non-hydrogen) atoms. The molecule has 3 aromatic rings. The van der Waals surface area contributed by atoms with Crippen LogP contribution in [0.4, 0.5) is 13.2 Å². The van der Waals surface area contributed by atoms with Crippen LogP contribution in [0.3, 0.4) is 0 Å². The van der Waals surface area contributed by atoms with Crippen LogP contribution in [0.5, 0.6) is 11.5 Å². The van der Waals surface area contributed by atoms with Gasteiger partial charge >= 0.3 is 6.18 Å². The summed E-state index contributed by atoms with van der Waals surface area (Å²) in [7, 11) is 3.22. The third kappa shape index (κ3) is 4.11. The van der Waals surface area contributed by atoms with Crippen molar-refractivity contribution in [3.8, 4) is 22.9 Å². The molecule has 0 unspecified atom stereocenters. The second-order valence-corrected chi connectivity index (χ2v) is 7.02. The maximum atomic E-state index is 12.7. The smallest absolute Gasteiger partial charge is 0.416 e. The van der Waals surface area contributed by atoms with Crippen LogP contribution in [-0.2, 0) is 25.7 Å². The van der Waals surface area contributed by atoms with E-state index in [0.717, 1.165) is 30.7 Å². The maximum absolute atomic E-state index is 12.7. The molecule has 1 aliphatic rings. The number of rotatable bonds is 5. The molecule has 1 aromatic heterocycles. The van der Waals surface area contributed by atoms with E-state index in [0.29, 0.717) is 36.0 Å². The molecule has 0 spiro atoms. The molecule has 0 saturated heterocycles. The summed E-state index contributed by atoms with van der Waals surface area (Å²) in [6, 6.07) is 8.68. The van der Waals surface area contributed by atoms with Crippen LogP contribution >= 0.6 is 0 Å². The summed E-state index contributed by atoms with van der Waals surface area (Å²) in [5.74, 6) is 2.07. The lowest BCUT2D eigenvalue weighted by Gasteiger charge is -2.28. The molecule has 9 heteroatoms. The second kappa shape index (κ2) is 7.98. The molecule has 158 valence electrons. The van der Waals surface area contributed by atoms with Crippen molar-refractivity contribution in [2.75, 3.05) is 20.8 Å². The summed E-state index contributed by atoms with van der Waals surface area (Å²) in [5, 5.41) is 3.91. The van der Waals surface area contributed by atoms with Crippen molar-refractivity contribution in [2.45, 2.75) is 25.7 Å². The Morgan fingerprint density at radius 1 is 1.03 bits per heavy atom. The average Bonchev–Trinajstić information content (AvgIpc) is 3.20. The van der Waals surface area contributed by atoms with Gasteiger partial charge in [0.2, 0.25) is 11.7 Å². The third-order valence-electron chi connectivity index (χ3n) is 5.09. The number of alkyl halides is 3. The molecule has 0 aliphatic carbocycles. The van der Waals surface area contributed by atoms with Gasteiger partial charge in [0.15, 0.2) is 11.5 Å². The minimum Gasteiger partial charge on any atom is -0.493 e. The Morgan fingerprint density at radius 2 is 1.70 bits per heavy atom. The maximum Gasteiger partial charge on any atom is 0.416 e. The molecule has 0 bridgehead atoms. The van der Waals surface area contributed by atoms with Gasteiger partial charge in [0, 0.05) is 18.7 Å². The molecule has 0 N–H and O–H groups in total. The van der Waals surface area contributed by atoms with Gasteiger partial charge in [-0.05, 0) is 41.8 Å². The second-order valence-electron chi connectivity index (χ2n) is 7.02. The van der Waals surface area contributed by atoms with Gasteiger partial charge in [-0.3, -0.25) is 4.90 Å². The number of fused-ring (bicyclic) bond motifs is 1. The van der Waals surface area contributed by atoms with Gasteiger partial charge in [0.1, 0.15) is 0 Å². The summed E-state index contributed by atoms with van der Waals surface area (Å²) in [6.07, 6.45) is -3.53. The monoisotopic (exact) mass is 419 g/mol. The van der Waals surface area contributed by atoms with E-state index in [1.165, 1.54) is 17.7 Å². The first-order valence-electron chi connectivity index (χ1n) is 9.33. The third-order valence-corrected chi connectivity index (χ3v) is 5.09. The summed E-state index contributed by atoms with van der Waals surface area (Å²) < 4.78 is 54.2. The van der Waals surface area contributed by atoms with E-state index in [9.17, 15) is 13.2 Å². The van der Waals surface area contributed by atoms with Crippen LogP contribution in [-0.4, -0.2) is 35.8 Å². The Hall–Kier alpha value is -3.07. The number of halogens is 3. The van der Waals surface area contributed by atoms with E-state index >= 15 is 0 Å². The van der Waals surface area contributed by atoms with Gasteiger partial charge in [0.05, 0.1) is 26.3 Å². The molecule has 6 nitrogen and oxygen atoms in total. The number of hydrogen-bond acceptors (Lipinski definition) is 6. The molecule has 1 aliphatic heterocycles. The van der Waals surface area contributed by atoms with Gasteiger partial charge in [-0.2, -0.15) is 18.2 Å². The zero-order valence-corrected chi connectivity index (χ0v) is 16.5. The van der Waals surface area contributed by atoms with Gasteiger partial charge in [-0.15, -0.1) is 0 Å². The highest BCUT2D eigenvalue weighted by atomic mass is 19.4. The molecule has 4 rings (SSSR count). The predicted octanol–water partition coefficient (Wildman–Crippen LogP) is 4.33. The summed E-state index contributed by atoms with van der Waals surface area (Å²) in [4.78, 5) is 6.50. The van der Waals surface area contributed by atoms with Gasteiger partial charge in [-0.25, -0.2) is 0 Å². The van der Waals surface area contributed by atoms with E-state index in [1.807, 2.05) is 12.1 Å². The summed E-state index contributed by atoms with van der Waals surface area (Å²) >= 11 is 0. The van der Waals surface area contributed by atoms with Crippen LogP contribution < -0.4 is 9.47 Å². The van der Waals surface area contributed by atoms with Gasteiger partial charge in [-0.1, -0.05) is 17.3 Å². The van der Waals surface area contributed by atoms with Gasteiger partial charge in [0.25, 0.3) is 0 Å². The molecule has 0 atom stereocenters. The Balaban J connectivity index is 1.46. The highest BCUT2D eigenvalue weighted by molar-refractivity contribution is 5.55. The number of ether oxygens (including phenoxy) is 2. The minimum atomic E-state index is -4.38. The highest BCUT2D eigenvalue weighted by Gasteiger charge is 2.30. The summed E-state index contributed by atoms with van der Waals surface area (Å²) in [6.45, 7) is 1.94. The van der Waals surface area contributed by atoms with E-state index < -0.39 is 11.7 Å². The first-order chi connectivity index (χ1) is 14.4. The predicted molar refractivity (Wildman–Crippen MR) is 102 cm³/mol. The molecule has 2 heterocycles. The van der Waals surface area contributed by atoms with E-state index in [-0.39, 0.29) is 5.82 Å². The van der Waals surface area contributed by atoms with Crippen molar-refractivity contribution < 1.29 is 27.2 Å². The zero-order valence-electron chi connectivity index (χ0n) is 16.5. The number of nitrogens with zero attached hydrogens (tertiary/aromatic N) is 3. The topological polar surface area (TPSA) is 60.6 Å². The lowest BCUT2D eigenvalue weighted by molar-refractivity contribution is -0.137. The minimum absolute atomic E-state index is 0.266. The van der Waals surface area contributed by atoms with E-state index in [1.54, 1.807) is 14.2 Å².